The quantitative estimate of drug-likeness (QED) is 0.585. The fraction of sp³-hybridized carbons (Fsp3) is 0.467. The summed E-state index contributed by atoms with van der Waals surface area (Å²) in [4.78, 5) is 23.4. The van der Waals surface area contributed by atoms with Gasteiger partial charge in [-0.1, -0.05) is 19.9 Å². The third-order valence-electron chi connectivity index (χ3n) is 2.88. The predicted molar refractivity (Wildman–Crippen MR) is 72.1 cm³/mol. The van der Waals surface area contributed by atoms with Crippen LogP contribution in [-0.2, 0) is 9.53 Å². The van der Waals surface area contributed by atoms with Crippen molar-refractivity contribution in [3.8, 4) is 5.75 Å². The van der Waals surface area contributed by atoms with Gasteiger partial charge in [-0.2, -0.15) is 0 Å². The van der Waals surface area contributed by atoms with E-state index in [0.717, 1.165) is 12.8 Å². The van der Waals surface area contributed by atoms with Crippen LogP contribution in [0.5, 0.6) is 5.75 Å². The molecule has 0 fully saturated rings. The smallest absolute Gasteiger partial charge is 0.338 e. The van der Waals surface area contributed by atoms with Crippen LogP contribution in [0.2, 0.25) is 0 Å². The van der Waals surface area contributed by atoms with Crippen LogP contribution < -0.4 is 4.74 Å². The molecule has 1 aromatic rings. The highest BCUT2D eigenvalue weighted by atomic mass is 16.5. The Morgan fingerprint density at radius 3 is 2.42 bits per heavy atom. The molecule has 0 radical (unpaired) electrons. The molecule has 0 aliphatic carbocycles. The lowest BCUT2D eigenvalue weighted by Gasteiger charge is -2.12. The number of carbonyl (C=O) groups is 2. The summed E-state index contributed by atoms with van der Waals surface area (Å²) in [5, 5.41) is 0. The van der Waals surface area contributed by atoms with Crippen LogP contribution in [0, 0.1) is 5.92 Å². The third-order valence-corrected chi connectivity index (χ3v) is 2.88. The summed E-state index contributed by atoms with van der Waals surface area (Å²) < 4.78 is 10.2. The number of esters is 2. The van der Waals surface area contributed by atoms with Gasteiger partial charge in [0, 0.05) is 0 Å². The second kappa shape index (κ2) is 7.56. The van der Waals surface area contributed by atoms with Crippen molar-refractivity contribution in [2.45, 2.75) is 33.6 Å². The summed E-state index contributed by atoms with van der Waals surface area (Å²) in [6.45, 7) is 5.96. The molecule has 0 amide bonds. The summed E-state index contributed by atoms with van der Waals surface area (Å²) in [5.74, 6) is -0.400. The second-order valence-corrected chi connectivity index (χ2v) is 4.18. The first kappa shape index (κ1) is 15.2. The molecule has 0 spiro atoms. The zero-order valence-electron chi connectivity index (χ0n) is 11.6. The Morgan fingerprint density at radius 1 is 1.16 bits per heavy atom. The van der Waals surface area contributed by atoms with Gasteiger partial charge in [0.05, 0.1) is 18.1 Å². The maximum atomic E-state index is 11.8. The van der Waals surface area contributed by atoms with Gasteiger partial charge in [0.25, 0.3) is 0 Å². The van der Waals surface area contributed by atoms with Crippen LogP contribution in [-0.4, -0.2) is 18.5 Å². The fourth-order valence-electron chi connectivity index (χ4n) is 1.72. The summed E-state index contributed by atoms with van der Waals surface area (Å²) in [7, 11) is 0. The van der Waals surface area contributed by atoms with Gasteiger partial charge in [-0.15, -0.1) is 0 Å². The van der Waals surface area contributed by atoms with E-state index < -0.39 is 5.97 Å². The van der Waals surface area contributed by atoms with Crippen molar-refractivity contribution in [3.63, 3.8) is 0 Å². The van der Waals surface area contributed by atoms with E-state index in [4.69, 9.17) is 9.47 Å². The third kappa shape index (κ3) is 4.39. The van der Waals surface area contributed by atoms with E-state index in [9.17, 15) is 9.59 Å². The minimum atomic E-state index is -0.414. The van der Waals surface area contributed by atoms with Crippen molar-refractivity contribution in [1.82, 2.24) is 0 Å². The molecular weight excluding hydrogens is 244 g/mol. The highest BCUT2D eigenvalue weighted by Gasteiger charge is 2.17. The maximum Gasteiger partial charge on any atom is 0.338 e. The molecule has 0 unspecified atom stereocenters. The van der Waals surface area contributed by atoms with Gasteiger partial charge in [0.15, 0.2) is 0 Å². The Morgan fingerprint density at radius 2 is 1.84 bits per heavy atom. The minimum absolute atomic E-state index is 0.105. The average Bonchev–Trinajstić information content (AvgIpc) is 2.40. The van der Waals surface area contributed by atoms with E-state index >= 15 is 0 Å². The highest BCUT2D eigenvalue weighted by molar-refractivity contribution is 5.90. The molecule has 0 aliphatic rings. The number of carbonyl (C=O) groups excluding carboxylic acids is 2. The van der Waals surface area contributed by atoms with E-state index in [1.807, 2.05) is 13.8 Å². The van der Waals surface area contributed by atoms with Crippen molar-refractivity contribution >= 4 is 11.9 Å². The number of ether oxygens (including phenoxy) is 2. The highest BCUT2D eigenvalue weighted by Crippen LogP contribution is 2.18. The molecular formula is C15H20O4. The van der Waals surface area contributed by atoms with Crippen molar-refractivity contribution < 1.29 is 19.1 Å². The zero-order valence-corrected chi connectivity index (χ0v) is 11.6. The van der Waals surface area contributed by atoms with Crippen molar-refractivity contribution in [3.05, 3.63) is 29.8 Å². The number of benzene rings is 1. The van der Waals surface area contributed by atoms with E-state index in [2.05, 4.69) is 0 Å². The van der Waals surface area contributed by atoms with Crippen molar-refractivity contribution in [2.24, 2.45) is 5.92 Å². The Balaban J connectivity index is 2.77. The molecule has 4 nitrogen and oxygen atoms in total. The zero-order chi connectivity index (χ0) is 14.3. The van der Waals surface area contributed by atoms with Crippen LogP contribution >= 0.6 is 0 Å². The summed E-state index contributed by atoms with van der Waals surface area (Å²) in [5.41, 5.74) is 0.386. The summed E-state index contributed by atoms with van der Waals surface area (Å²) in [6, 6.07) is 6.48. The van der Waals surface area contributed by atoms with Gasteiger partial charge < -0.3 is 9.47 Å². The first-order valence-corrected chi connectivity index (χ1v) is 6.61. The molecule has 0 bridgehead atoms. The van der Waals surface area contributed by atoms with Gasteiger partial charge in [-0.05, 0) is 38.0 Å². The van der Waals surface area contributed by atoms with Gasteiger partial charge in [0.1, 0.15) is 5.75 Å². The van der Waals surface area contributed by atoms with Crippen LogP contribution in [0.4, 0.5) is 0 Å². The molecule has 0 atom stereocenters. The van der Waals surface area contributed by atoms with Gasteiger partial charge in [0.2, 0.25) is 0 Å². The topological polar surface area (TPSA) is 52.6 Å². The molecule has 0 heterocycles. The normalized spacial score (nSPS) is 10.3. The number of hydrogen-bond acceptors (Lipinski definition) is 4. The largest absolute Gasteiger partial charge is 0.462 e. The Labute approximate surface area is 113 Å². The molecule has 0 N–H and O–H groups in total. The fourth-order valence-corrected chi connectivity index (χ4v) is 1.72. The van der Waals surface area contributed by atoms with Gasteiger partial charge >= 0.3 is 11.9 Å². The molecule has 104 valence electrons. The van der Waals surface area contributed by atoms with E-state index in [1.165, 1.54) is 6.07 Å². The minimum Gasteiger partial charge on any atom is -0.462 e. The van der Waals surface area contributed by atoms with Crippen molar-refractivity contribution in [2.75, 3.05) is 6.61 Å². The molecule has 19 heavy (non-hydrogen) atoms. The molecule has 0 aliphatic heterocycles. The lowest BCUT2D eigenvalue weighted by Crippen LogP contribution is -2.19. The maximum absolute atomic E-state index is 11.8. The molecule has 4 heteroatoms. The Hall–Kier alpha value is -1.84. The van der Waals surface area contributed by atoms with Crippen LogP contribution in [0.3, 0.4) is 0 Å². The Kier molecular flexibility index (Phi) is 6.06. The lowest BCUT2D eigenvalue weighted by molar-refractivity contribution is -0.139. The van der Waals surface area contributed by atoms with Crippen LogP contribution in [0.1, 0.15) is 44.0 Å². The lowest BCUT2D eigenvalue weighted by atomic mass is 10.0. The van der Waals surface area contributed by atoms with E-state index in [-0.39, 0.29) is 11.9 Å². The molecule has 0 aromatic heterocycles. The molecule has 1 rings (SSSR count). The SMILES string of the molecule is CCOC(=O)c1cccc(OC(=O)C(CC)CC)c1. The second-order valence-electron chi connectivity index (χ2n) is 4.18. The average molecular weight is 264 g/mol. The Bertz CT molecular complexity index is 436. The monoisotopic (exact) mass is 264 g/mol. The summed E-state index contributed by atoms with van der Waals surface area (Å²) >= 11 is 0. The van der Waals surface area contributed by atoms with Crippen LogP contribution in [0.25, 0.3) is 0 Å². The first-order chi connectivity index (χ1) is 9.12. The first-order valence-electron chi connectivity index (χ1n) is 6.61. The van der Waals surface area contributed by atoms with E-state index in [1.54, 1.807) is 25.1 Å². The van der Waals surface area contributed by atoms with Gasteiger partial charge in [-0.25, -0.2) is 4.79 Å². The van der Waals surface area contributed by atoms with Crippen LogP contribution in [0.15, 0.2) is 24.3 Å². The number of rotatable bonds is 6. The summed E-state index contributed by atoms with van der Waals surface area (Å²) in [6.07, 6.45) is 1.49. The van der Waals surface area contributed by atoms with Crippen molar-refractivity contribution in [1.29, 1.82) is 0 Å². The standard InChI is InChI=1S/C15H20O4/c1-4-11(5-2)15(17)19-13-9-7-8-12(10-13)14(16)18-6-3/h7-11H,4-6H2,1-3H3. The number of hydrogen-bond donors (Lipinski definition) is 0. The van der Waals surface area contributed by atoms with E-state index in [0.29, 0.717) is 17.9 Å². The predicted octanol–water partition coefficient (Wildman–Crippen LogP) is 3.20. The molecule has 0 saturated heterocycles. The molecule has 0 saturated carbocycles. The van der Waals surface area contributed by atoms with Gasteiger partial charge in [-0.3, -0.25) is 4.79 Å². The molecule has 1 aromatic carbocycles.